The van der Waals surface area contributed by atoms with Crippen molar-refractivity contribution in [3.63, 3.8) is 0 Å². The third-order valence-electron chi connectivity index (χ3n) is 5.32. The van der Waals surface area contributed by atoms with Gasteiger partial charge in [-0.2, -0.15) is 0 Å². The topological polar surface area (TPSA) is 103 Å². The molecule has 0 N–H and O–H groups in total. The first-order valence-corrected chi connectivity index (χ1v) is 11.7. The van der Waals surface area contributed by atoms with Gasteiger partial charge in [-0.3, -0.25) is 4.31 Å². The van der Waals surface area contributed by atoms with E-state index in [1.54, 1.807) is 12.1 Å². The van der Waals surface area contributed by atoms with Gasteiger partial charge in [0.25, 0.3) is 15.9 Å². The zero-order valence-electron chi connectivity index (χ0n) is 17.4. The van der Waals surface area contributed by atoms with Crippen molar-refractivity contribution in [2.45, 2.75) is 17.9 Å². The van der Waals surface area contributed by atoms with Crippen LogP contribution in [-0.4, -0.2) is 31.1 Å². The van der Waals surface area contributed by atoms with Gasteiger partial charge < -0.3 is 9.15 Å². The second-order valence-corrected chi connectivity index (χ2v) is 9.29. The molecule has 0 fully saturated rings. The molecule has 3 aromatic carbocycles. The predicted molar refractivity (Wildman–Crippen MR) is 120 cm³/mol. The number of hydrogen-bond donors (Lipinski definition) is 0. The molecule has 1 aliphatic rings. The van der Waals surface area contributed by atoms with Crippen LogP contribution >= 0.6 is 0 Å². The van der Waals surface area contributed by atoms with Crippen LogP contribution in [-0.2, 0) is 27.8 Å². The largest absolute Gasteiger partial charge is 0.452 e. The molecule has 9 heteroatoms. The summed E-state index contributed by atoms with van der Waals surface area (Å²) in [5.74, 6) is -0.228. The van der Waals surface area contributed by atoms with Gasteiger partial charge in [0.15, 0.2) is 6.61 Å². The Balaban J connectivity index is 1.30. The highest BCUT2D eigenvalue weighted by Crippen LogP contribution is 2.32. The molecule has 0 saturated carbocycles. The minimum absolute atomic E-state index is 0.0257. The van der Waals surface area contributed by atoms with Gasteiger partial charge in [0, 0.05) is 12.1 Å². The van der Waals surface area contributed by atoms with Gasteiger partial charge in [-0.25, -0.2) is 13.2 Å². The van der Waals surface area contributed by atoms with E-state index < -0.39 is 16.0 Å². The summed E-state index contributed by atoms with van der Waals surface area (Å²) in [6, 6.07) is 22.4. The average molecular weight is 461 g/mol. The number of hydrogen-bond acceptors (Lipinski definition) is 7. The van der Waals surface area contributed by atoms with Crippen molar-refractivity contribution in [2.24, 2.45) is 0 Å². The number of sulfonamides is 1. The molecule has 0 spiro atoms. The Morgan fingerprint density at radius 2 is 1.76 bits per heavy atom. The van der Waals surface area contributed by atoms with Crippen molar-refractivity contribution < 1.29 is 22.4 Å². The monoisotopic (exact) mass is 461 g/mol. The summed E-state index contributed by atoms with van der Waals surface area (Å²) in [5.41, 5.74) is 2.51. The molecule has 0 saturated heterocycles. The van der Waals surface area contributed by atoms with Crippen LogP contribution in [0.15, 0.2) is 88.2 Å². The van der Waals surface area contributed by atoms with Crippen molar-refractivity contribution >= 4 is 21.7 Å². The summed E-state index contributed by atoms with van der Waals surface area (Å²) in [6.45, 7) is 0.131. The minimum atomic E-state index is -3.82. The molecule has 166 valence electrons. The molecule has 4 aromatic rings. The number of aromatic nitrogens is 2. The number of anilines is 1. The summed E-state index contributed by atoms with van der Waals surface area (Å²) in [6.07, 6.45) is 0.645. The van der Waals surface area contributed by atoms with Crippen LogP contribution in [0.25, 0.3) is 11.5 Å². The molecule has 1 aromatic heterocycles. The second-order valence-electron chi connectivity index (χ2n) is 7.43. The minimum Gasteiger partial charge on any atom is -0.452 e. The predicted octanol–water partition coefficient (Wildman–Crippen LogP) is 3.85. The van der Waals surface area contributed by atoms with Gasteiger partial charge >= 0.3 is 5.97 Å². The second kappa shape index (κ2) is 8.51. The van der Waals surface area contributed by atoms with Crippen molar-refractivity contribution in [1.29, 1.82) is 0 Å². The highest BCUT2D eigenvalue weighted by atomic mass is 32.2. The molecule has 0 unspecified atom stereocenters. The maximum Gasteiger partial charge on any atom is 0.338 e. The van der Waals surface area contributed by atoms with E-state index in [2.05, 4.69) is 10.2 Å². The van der Waals surface area contributed by atoms with Gasteiger partial charge in [-0.15, -0.1) is 10.2 Å². The van der Waals surface area contributed by atoms with Crippen LogP contribution in [0.4, 0.5) is 5.69 Å². The first kappa shape index (κ1) is 20.9. The summed E-state index contributed by atoms with van der Waals surface area (Å²) in [4.78, 5) is 12.6. The Hall–Kier alpha value is -3.98. The molecule has 33 heavy (non-hydrogen) atoms. The highest BCUT2D eigenvalue weighted by Gasteiger charge is 2.31. The van der Waals surface area contributed by atoms with Gasteiger partial charge in [-0.1, -0.05) is 42.5 Å². The van der Waals surface area contributed by atoms with E-state index >= 15 is 0 Å². The first-order chi connectivity index (χ1) is 16.0. The number of ether oxygens (including phenoxy) is 1. The lowest BCUT2D eigenvalue weighted by Crippen LogP contribution is -2.29. The van der Waals surface area contributed by atoms with Gasteiger partial charge in [0.05, 0.1) is 16.1 Å². The zero-order valence-corrected chi connectivity index (χ0v) is 18.2. The SMILES string of the molecule is O=C(OCc1nnc(-c2ccccc2)o1)c1cccc(S(=O)(=O)N2CCc3ccccc32)c1. The Bertz CT molecular complexity index is 1420. The van der Waals surface area contributed by atoms with Gasteiger partial charge in [-0.05, 0) is 48.4 Å². The van der Waals surface area contributed by atoms with E-state index in [-0.39, 0.29) is 23.0 Å². The lowest BCUT2D eigenvalue weighted by atomic mass is 10.2. The van der Waals surface area contributed by atoms with E-state index in [0.717, 1.165) is 11.1 Å². The molecular formula is C24H19N3O5S. The van der Waals surface area contributed by atoms with Crippen LogP contribution in [0, 0.1) is 0 Å². The molecule has 0 amide bonds. The van der Waals surface area contributed by atoms with Crippen molar-refractivity contribution in [3.05, 3.63) is 95.9 Å². The van der Waals surface area contributed by atoms with Crippen LogP contribution < -0.4 is 4.31 Å². The fourth-order valence-corrected chi connectivity index (χ4v) is 5.24. The number of esters is 1. The maximum atomic E-state index is 13.2. The van der Waals surface area contributed by atoms with Gasteiger partial charge in [0.1, 0.15) is 0 Å². The molecule has 8 nitrogen and oxygen atoms in total. The molecule has 1 aliphatic heterocycles. The Kier molecular flexibility index (Phi) is 5.39. The van der Waals surface area contributed by atoms with Crippen LogP contribution in [0.2, 0.25) is 0 Å². The zero-order chi connectivity index (χ0) is 22.8. The number of nitrogens with zero attached hydrogens (tertiary/aromatic N) is 3. The lowest BCUT2D eigenvalue weighted by molar-refractivity contribution is 0.0438. The third-order valence-corrected chi connectivity index (χ3v) is 7.13. The lowest BCUT2D eigenvalue weighted by Gasteiger charge is -2.19. The molecular weight excluding hydrogens is 442 g/mol. The van der Waals surface area contributed by atoms with Gasteiger partial charge in [0.2, 0.25) is 5.89 Å². The summed E-state index contributed by atoms with van der Waals surface area (Å²) >= 11 is 0. The fourth-order valence-electron chi connectivity index (χ4n) is 3.69. The average Bonchev–Trinajstić information content (AvgIpc) is 3.51. The van der Waals surface area contributed by atoms with Crippen molar-refractivity contribution in [3.8, 4) is 11.5 Å². The number of carbonyl (C=O) groups excluding carboxylic acids is 1. The number of para-hydroxylation sites is 1. The first-order valence-electron chi connectivity index (χ1n) is 10.3. The fraction of sp³-hybridized carbons (Fsp3) is 0.125. The van der Waals surface area contributed by atoms with E-state index in [1.165, 1.54) is 28.6 Å². The third kappa shape index (κ3) is 4.10. The van der Waals surface area contributed by atoms with Crippen molar-refractivity contribution in [1.82, 2.24) is 10.2 Å². The van der Waals surface area contributed by atoms with Crippen LogP contribution in [0.1, 0.15) is 21.8 Å². The van der Waals surface area contributed by atoms with Crippen molar-refractivity contribution in [2.75, 3.05) is 10.8 Å². The van der Waals surface area contributed by atoms with Crippen LogP contribution in [0.3, 0.4) is 0 Å². The number of benzene rings is 3. The Morgan fingerprint density at radius 1 is 0.970 bits per heavy atom. The van der Waals surface area contributed by atoms with E-state index in [9.17, 15) is 13.2 Å². The molecule has 0 bridgehead atoms. The number of carbonyl (C=O) groups is 1. The summed E-state index contributed by atoms with van der Waals surface area (Å²) in [7, 11) is -3.82. The summed E-state index contributed by atoms with van der Waals surface area (Å²) in [5, 5.41) is 7.85. The Labute approximate surface area is 190 Å². The normalized spacial score (nSPS) is 13.0. The van der Waals surface area contributed by atoms with E-state index in [1.807, 2.05) is 42.5 Å². The number of fused-ring (bicyclic) bond motifs is 1. The highest BCUT2D eigenvalue weighted by molar-refractivity contribution is 7.92. The number of rotatable bonds is 6. The molecule has 2 heterocycles. The molecule has 5 rings (SSSR count). The van der Waals surface area contributed by atoms with Crippen LogP contribution in [0.5, 0.6) is 0 Å². The molecule has 0 radical (unpaired) electrons. The smallest absolute Gasteiger partial charge is 0.338 e. The van der Waals surface area contributed by atoms with E-state index in [0.29, 0.717) is 24.5 Å². The molecule has 0 aliphatic carbocycles. The quantitative estimate of drug-likeness (QED) is 0.402. The van der Waals surface area contributed by atoms with E-state index in [4.69, 9.17) is 9.15 Å². The maximum absolute atomic E-state index is 13.2. The Morgan fingerprint density at radius 3 is 2.61 bits per heavy atom. The summed E-state index contributed by atoms with van der Waals surface area (Å²) < 4.78 is 38.6. The standard InChI is InChI=1S/C24H19N3O5S/c28-24(31-16-22-25-26-23(32-22)18-8-2-1-3-9-18)19-10-6-11-20(15-19)33(29,30)27-14-13-17-7-4-5-12-21(17)27/h1-12,15H,13-14,16H2. The molecule has 0 atom stereocenters.